The predicted octanol–water partition coefficient (Wildman–Crippen LogP) is 1.85. The first-order chi connectivity index (χ1) is 11.9. The van der Waals surface area contributed by atoms with E-state index >= 15 is 0 Å². The first kappa shape index (κ1) is 17.0. The standard InChI is InChI=1S/C18H16F2N2O3/c19-12-5-6-14(20)15(9-12)22-17(24)16(23)21-10-18(25)8-7-11-3-1-2-4-13(11)18/h1-6,9,25H,7-8,10H2,(H,21,23)(H,22,24)/t18-/m1/s1. The summed E-state index contributed by atoms with van der Waals surface area (Å²) in [5.41, 5.74) is 0.0267. The van der Waals surface area contributed by atoms with Gasteiger partial charge in [-0.05, 0) is 36.1 Å². The summed E-state index contributed by atoms with van der Waals surface area (Å²) in [6, 6.07) is 9.85. The van der Waals surface area contributed by atoms with Crippen LogP contribution >= 0.6 is 0 Å². The van der Waals surface area contributed by atoms with Gasteiger partial charge in [0.25, 0.3) is 0 Å². The van der Waals surface area contributed by atoms with Crippen molar-refractivity contribution in [1.82, 2.24) is 5.32 Å². The van der Waals surface area contributed by atoms with Crippen LogP contribution in [0.25, 0.3) is 0 Å². The van der Waals surface area contributed by atoms with Crippen molar-refractivity contribution < 1.29 is 23.5 Å². The fourth-order valence-corrected chi connectivity index (χ4v) is 2.93. The van der Waals surface area contributed by atoms with Gasteiger partial charge in [0.2, 0.25) is 0 Å². The van der Waals surface area contributed by atoms with Gasteiger partial charge in [-0.3, -0.25) is 9.59 Å². The molecule has 0 unspecified atom stereocenters. The predicted molar refractivity (Wildman–Crippen MR) is 86.7 cm³/mol. The maximum absolute atomic E-state index is 13.5. The molecule has 0 bridgehead atoms. The van der Waals surface area contributed by atoms with Gasteiger partial charge in [0.1, 0.15) is 17.2 Å². The molecule has 3 N–H and O–H groups in total. The lowest BCUT2D eigenvalue weighted by molar-refractivity contribution is -0.136. The molecule has 1 atom stereocenters. The van der Waals surface area contributed by atoms with Crippen LogP contribution in [0.5, 0.6) is 0 Å². The van der Waals surface area contributed by atoms with Crippen molar-refractivity contribution in [3.05, 3.63) is 65.2 Å². The van der Waals surface area contributed by atoms with Gasteiger partial charge in [0.05, 0.1) is 12.2 Å². The quantitative estimate of drug-likeness (QED) is 0.742. The van der Waals surface area contributed by atoms with Crippen LogP contribution in [-0.2, 0) is 21.6 Å². The highest BCUT2D eigenvalue weighted by Gasteiger charge is 2.37. The number of aryl methyl sites for hydroxylation is 1. The molecular formula is C18H16F2N2O3. The zero-order chi connectivity index (χ0) is 18.0. The van der Waals surface area contributed by atoms with E-state index in [-0.39, 0.29) is 6.54 Å². The molecule has 0 heterocycles. The number of carbonyl (C=O) groups is 2. The minimum Gasteiger partial charge on any atom is -0.383 e. The Morgan fingerprint density at radius 1 is 1.12 bits per heavy atom. The summed E-state index contributed by atoms with van der Waals surface area (Å²) in [7, 11) is 0. The van der Waals surface area contributed by atoms with Crippen LogP contribution in [-0.4, -0.2) is 23.5 Å². The van der Waals surface area contributed by atoms with E-state index in [0.29, 0.717) is 18.4 Å². The maximum atomic E-state index is 13.5. The number of hydrogen-bond donors (Lipinski definition) is 3. The number of nitrogens with one attached hydrogen (secondary N) is 2. The van der Waals surface area contributed by atoms with Crippen molar-refractivity contribution in [2.75, 3.05) is 11.9 Å². The molecule has 0 saturated heterocycles. The van der Waals surface area contributed by atoms with Crippen molar-refractivity contribution in [3.8, 4) is 0 Å². The van der Waals surface area contributed by atoms with Crippen LogP contribution in [0, 0.1) is 11.6 Å². The van der Waals surface area contributed by atoms with Crippen LogP contribution < -0.4 is 10.6 Å². The minimum atomic E-state index is -1.25. The lowest BCUT2D eigenvalue weighted by atomic mass is 9.96. The summed E-state index contributed by atoms with van der Waals surface area (Å²) < 4.78 is 26.6. The van der Waals surface area contributed by atoms with Crippen molar-refractivity contribution >= 4 is 17.5 Å². The molecular weight excluding hydrogens is 330 g/mol. The van der Waals surface area contributed by atoms with Crippen LogP contribution in [0.15, 0.2) is 42.5 Å². The van der Waals surface area contributed by atoms with E-state index in [0.717, 1.165) is 23.8 Å². The van der Waals surface area contributed by atoms with E-state index < -0.39 is 34.7 Å². The van der Waals surface area contributed by atoms with Crippen LogP contribution in [0.4, 0.5) is 14.5 Å². The highest BCUT2D eigenvalue weighted by atomic mass is 19.1. The fraction of sp³-hybridized carbons (Fsp3) is 0.222. The Hall–Kier alpha value is -2.80. The van der Waals surface area contributed by atoms with E-state index in [9.17, 15) is 23.5 Å². The maximum Gasteiger partial charge on any atom is 0.313 e. The molecule has 2 aromatic carbocycles. The topological polar surface area (TPSA) is 78.4 Å². The largest absolute Gasteiger partial charge is 0.383 e. The lowest BCUT2D eigenvalue weighted by Crippen LogP contribution is -2.43. The van der Waals surface area contributed by atoms with Crippen molar-refractivity contribution in [1.29, 1.82) is 0 Å². The van der Waals surface area contributed by atoms with Gasteiger partial charge >= 0.3 is 11.8 Å². The van der Waals surface area contributed by atoms with E-state index in [1.165, 1.54) is 0 Å². The number of anilines is 1. The molecule has 7 heteroatoms. The van der Waals surface area contributed by atoms with Crippen LogP contribution in [0.2, 0.25) is 0 Å². The van der Waals surface area contributed by atoms with Crippen LogP contribution in [0.1, 0.15) is 17.5 Å². The summed E-state index contributed by atoms with van der Waals surface area (Å²) in [5, 5.41) is 15.0. The summed E-state index contributed by atoms with van der Waals surface area (Å²) in [6.07, 6.45) is 1.09. The van der Waals surface area contributed by atoms with Gasteiger partial charge in [0, 0.05) is 6.07 Å². The van der Waals surface area contributed by atoms with E-state index in [1.807, 2.05) is 17.4 Å². The summed E-state index contributed by atoms with van der Waals surface area (Å²) in [6.45, 7) is -0.151. The Labute approximate surface area is 142 Å². The lowest BCUT2D eigenvalue weighted by Gasteiger charge is -2.24. The van der Waals surface area contributed by atoms with E-state index in [4.69, 9.17) is 0 Å². The second kappa shape index (κ2) is 6.60. The van der Waals surface area contributed by atoms with Gasteiger partial charge in [-0.25, -0.2) is 8.78 Å². The Kier molecular flexibility index (Phi) is 4.50. The molecule has 0 radical (unpaired) electrons. The van der Waals surface area contributed by atoms with Gasteiger partial charge < -0.3 is 15.7 Å². The summed E-state index contributed by atoms with van der Waals surface area (Å²) in [5.74, 6) is -3.78. The molecule has 0 saturated carbocycles. The minimum absolute atomic E-state index is 0.151. The highest BCUT2D eigenvalue weighted by molar-refractivity contribution is 6.39. The number of amides is 2. The van der Waals surface area contributed by atoms with Crippen LogP contribution in [0.3, 0.4) is 0 Å². The zero-order valence-corrected chi connectivity index (χ0v) is 13.2. The van der Waals surface area contributed by atoms with Crippen molar-refractivity contribution in [3.63, 3.8) is 0 Å². The number of fused-ring (bicyclic) bond motifs is 1. The Morgan fingerprint density at radius 2 is 1.88 bits per heavy atom. The molecule has 130 valence electrons. The number of rotatable bonds is 3. The molecule has 25 heavy (non-hydrogen) atoms. The molecule has 1 aliphatic rings. The Bertz CT molecular complexity index is 841. The first-order valence-electron chi connectivity index (χ1n) is 7.74. The molecule has 0 spiro atoms. The average molecular weight is 346 g/mol. The summed E-state index contributed by atoms with van der Waals surface area (Å²) >= 11 is 0. The third kappa shape index (κ3) is 3.51. The van der Waals surface area contributed by atoms with Gasteiger partial charge in [-0.15, -0.1) is 0 Å². The summed E-state index contributed by atoms with van der Waals surface area (Å²) in [4.78, 5) is 23.7. The molecule has 2 aromatic rings. The van der Waals surface area contributed by atoms with Gasteiger partial charge in [-0.2, -0.15) is 0 Å². The second-order valence-corrected chi connectivity index (χ2v) is 5.95. The smallest absolute Gasteiger partial charge is 0.313 e. The third-order valence-electron chi connectivity index (χ3n) is 4.25. The van der Waals surface area contributed by atoms with E-state index in [2.05, 4.69) is 5.32 Å². The number of hydrogen-bond acceptors (Lipinski definition) is 3. The van der Waals surface area contributed by atoms with Crippen molar-refractivity contribution in [2.24, 2.45) is 0 Å². The van der Waals surface area contributed by atoms with E-state index in [1.54, 1.807) is 12.1 Å². The zero-order valence-electron chi connectivity index (χ0n) is 13.2. The number of aliphatic hydroxyl groups is 1. The first-order valence-corrected chi connectivity index (χ1v) is 7.74. The SMILES string of the molecule is O=C(NC[C@]1(O)CCc2ccccc21)C(=O)Nc1cc(F)ccc1F. The third-order valence-corrected chi connectivity index (χ3v) is 4.25. The number of carbonyl (C=O) groups excluding carboxylic acids is 2. The van der Waals surface area contributed by atoms with Crippen molar-refractivity contribution in [2.45, 2.75) is 18.4 Å². The fourth-order valence-electron chi connectivity index (χ4n) is 2.93. The molecule has 0 aromatic heterocycles. The number of halogens is 2. The highest BCUT2D eigenvalue weighted by Crippen LogP contribution is 2.36. The molecule has 0 aliphatic heterocycles. The second-order valence-electron chi connectivity index (χ2n) is 5.95. The molecule has 1 aliphatic carbocycles. The monoisotopic (exact) mass is 346 g/mol. The molecule has 2 amide bonds. The van der Waals surface area contributed by atoms with Gasteiger partial charge in [0.15, 0.2) is 0 Å². The molecule has 3 rings (SSSR count). The molecule has 0 fully saturated rings. The Morgan fingerprint density at radius 3 is 2.68 bits per heavy atom. The normalized spacial score (nSPS) is 18.5. The number of benzene rings is 2. The average Bonchev–Trinajstić information content (AvgIpc) is 2.94. The Balaban J connectivity index is 1.63. The molecule has 5 nitrogen and oxygen atoms in total. The van der Waals surface area contributed by atoms with Gasteiger partial charge in [-0.1, -0.05) is 24.3 Å².